The number of carbonyl (C=O) groups is 2. The zero-order chi connectivity index (χ0) is 18.8. The van der Waals surface area contributed by atoms with Crippen molar-refractivity contribution in [2.24, 2.45) is 0 Å². The van der Waals surface area contributed by atoms with E-state index < -0.39 is 0 Å². The minimum Gasteiger partial charge on any atom is -0.497 e. The predicted molar refractivity (Wildman–Crippen MR) is 105 cm³/mol. The van der Waals surface area contributed by atoms with E-state index in [4.69, 9.17) is 4.74 Å². The second-order valence-electron chi connectivity index (χ2n) is 6.19. The monoisotopic (exact) mass is 414 g/mol. The first-order valence-electron chi connectivity index (χ1n) is 8.21. The average Bonchev–Trinajstić information content (AvgIpc) is 2.85. The van der Waals surface area contributed by atoms with Crippen LogP contribution in [0, 0.1) is 0 Å². The van der Waals surface area contributed by atoms with Crippen molar-refractivity contribution in [1.82, 2.24) is 4.90 Å². The fourth-order valence-electron chi connectivity index (χ4n) is 2.87. The molecule has 2 amide bonds. The average molecular weight is 415 g/mol. The highest BCUT2D eigenvalue weighted by molar-refractivity contribution is 9.10. The number of ether oxygens (including phenoxy) is 1. The molecule has 26 heavy (non-hydrogen) atoms. The largest absolute Gasteiger partial charge is 0.497 e. The van der Waals surface area contributed by atoms with Gasteiger partial charge in [-0.1, -0.05) is 34.1 Å². The van der Waals surface area contributed by atoms with Crippen LogP contribution in [0.3, 0.4) is 0 Å². The summed E-state index contributed by atoms with van der Waals surface area (Å²) in [6, 6.07) is 14.3. The van der Waals surface area contributed by atoms with Gasteiger partial charge < -0.3 is 10.1 Å². The smallest absolute Gasteiger partial charge is 0.278 e. The molecule has 1 heterocycles. The molecule has 1 aliphatic rings. The minimum atomic E-state index is -0.323. The molecule has 0 spiro atoms. The van der Waals surface area contributed by atoms with Crippen molar-refractivity contribution in [3.05, 3.63) is 64.3 Å². The molecule has 1 aliphatic heterocycles. The molecule has 0 saturated carbocycles. The van der Waals surface area contributed by atoms with Gasteiger partial charge in [-0.25, -0.2) is 0 Å². The third-order valence-corrected chi connectivity index (χ3v) is 4.60. The van der Waals surface area contributed by atoms with Gasteiger partial charge in [0.1, 0.15) is 11.4 Å². The Morgan fingerprint density at radius 1 is 1.04 bits per heavy atom. The van der Waals surface area contributed by atoms with Gasteiger partial charge in [0.15, 0.2) is 0 Å². The molecular formula is C20H19BrN2O3. The third-order valence-electron chi connectivity index (χ3n) is 4.10. The van der Waals surface area contributed by atoms with Crippen molar-refractivity contribution >= 4 is 39.0 Å². The molecule has 1 N–H and O–H groups in total. The van der Waals surface area contributed by atoms with Crippen LogP contribution in [-0.2, 0) is 9.59 Å². The number of methoxy groups -OCH3 is 1. The molecule has 0 bridgehead atoms. The lowest BCUT2D eigenvalue weighted by Crippen LogP contribution is -2.38. The summed E-state index contributed by atoms with van der Waals surface area (Å²) in [6.45, 7) is 3.65. The van der Waals surface area contributed by atoms with Crippen LogP contribution in [0.25, 0.3) is 5.57 Å². The summed E-state index contributed by atoms with van der Waals surface area (Å²) in [7, 11) is 1.58. The van der Waals surface area contributed by atoms with Gasteiger partial charge in [0.05, 0.1) is 12.7 Å². The van der Waals surface area contributed by atoms with Crippen LogP contribution >= 0.6 is 15.9 Å². The first-order chi connectivity index (χ1) is 12.4. The lowest BCUT2D eigenvalue weighted by Gasteiger charge is -2.19. The molecule has 0 atom stereocenters. The predicted octanol–water partition coefficient (Wildman–Crippen LogP) is 4.06. The van der Waals surface area contributed by atoms with Crippen molar-refractivity contribution in [1.29, 1.82) is 0 Å². The van der Waals surface area contributed by atoms with Crippen LogP contribution < -0.4 is 10.1 Å². The van der Waals surface area contributed by atoms with E-state index >= 15 is 0 Å². The third kappa shape index (κ3) is 3.37. The Morgan fingerprint density at radius 3 is 2.31 bits per heavy atom. The minimum absolute atomic E-state index is 0.231. The Bertz CT molecular complexity index is 888. The van der Waals surface area contributed by atoms with E-state index in [2.05, 4.69) is 21.2 Å². The summed E-state index contributed by atoms with van der Waals surface area (Å²) < 4.78 is 6.06. The number of anilines is 1. The standard InChI is InChI=1S/C20H19BrN2O3/c1-12(2)23-19(24)17(13-7-9-16(26-3)10-8-13)18(20(23)25)22-15-6-4-5-14(21)11-15/h4-12,22H,1-3H3. The van der Waals surface area contributed by atoms with Crippen LogP contribution in [-0.4, -0.2) is 29.9 Å². The van der Waals surface area contributed by atoms with Crippen LogP contribution in [0.1, 0.15) is 19.4 Å². The molecule has 0 aromatic heterocycles. The number of hydrogen-bond acceptors (Lipinski definition) is 4. The van der Waals surface area contributed by atoms with E-state index in [0.29, 0.717) is 16.9 Å². The Balaban J connectivity index is 2.09. The molecular weight excluding hydrogens is 396 g/mol. The first kappa shape index (κ1) is 18.2. The maximum absolute atomic E-state index is 12.9. The highest BCUT2D eigenvalue weighted by Crippen LogP contribution is 2.32. The summed E-state index contributed by atoms with van der Waals surface area (Å²) in [6.07, 6.45) is 0. The summed E-state index contributed by atoms with van der Waals surface area (Å²) in [5.41, 5.74) is 2.05. The highest BCUT2D eigenvalue weighted by Gasteiger charge is 2.40. The number of benzene rings is 2. The number of hydrogen-bond donors (Lipinski definition) is 1. The number of imide groups is 1. The fraction of sp³-hybridized carbons (Fsp3) is 0.200. The molecule has 0 aliphatic carbocycles. The van der Waals surface area contributed by atoms with Crippen LogP contribution in [0.2, 0.25) is 0 Å². The number of amides is 2. The van der Waals surface area contributed by atoms with Crippen molar-refractivity contribution in [3.8, 4) is 5.75 Å². The maximum atomic E-state index is 12.9. The van der Waals surface area contributed by atoms with E-state index in [1.54, 1.807) is 31.4 Å². The van der Waals surface area contributed by atoms with Crippen molar-refractivity contribution in [3.63, 3.8) is 0 Å². The van der Waals surface area contributed by atoms with Gasteiger partial charge in [-0.3, -0.25) is 14.5 Å². The molecule has 0 unspecified atom stereocenters. The summed E-state index contributed by atoms with van der Waals surface area (Å²) >= 11 is 3.42. The van der Waals surface area contributed by atoms with Gasteiger partial charge in [0, 0.05) is 16.2 Å². The molecule has 2 aromatic rings. The van der Waals surface area contributed by atoms with E-state index in [1.807, 2.05) is 38.1 Å². The zero-order valence-electron chi connectivity index (χ0n) is 14.7. The molecule has 6 heteroatoms. The molecule has 2 aromatic carbocycles. The van der Waals surface area contributed by atoms with E-state index in [9.17, 15) is 9.59 Å². The first-order valence-corrected chi connectivity index (χ1v) is 9.01. The number of nitrogens with one attached hydrogen (secondary N) is 1. The van der Waals surface area contributed by atoms with Crippen LogP contribution in [0.4, 0.5) is 5.69 Å². The number of carbonyl (C=O) groups excluding carboxylic acids is 2. The van der Waals surface area contributed by atoms with E-state index in [1.165, 1.54) is 4.90 Å². The van der Waals surface area contributed by atoms with Crippen molar-refractivity contribution in [2.75, 3.05) is 12.4 Å². The van der Waals surface area contributed by atoms with E-state index in [0.717, 1.165) is 10.2 Å². The van der Waals surface area contributed by atoms with Crippen LogP contribution in [0.5, 0.6) is 5.75 Å². The number of rotatable bonds is 5. The van der Waals surface area contributed by atoms with Crippen molar-refractivity contribution < 1.29 is 14.3 Å². The zero-order valence-corrected chi connectivity index (χ0v) is 16.3. The van der Waals surface area contributed by atoms with Gasteiger partial charge in [0.25, 0.3) is 11.8 Å². The second kappa shape index (κ2) is 7.33. The van der Waals surface area contributed by atoms with Gasteiger partial charge in [-0.2, -0.15) is 0 Å². The number of nitrogens with zero attached hydrogens (tertiary/aromatic N) is 1. The van der Waals surface area contributed by atoms with E-state index in [-0.39, 0.29) is 23.6 Å². The Morgan fingerprint density at radius 2 is 1.73 bits per heavy atom. The second-order valence-corrected chi connectivity index (χ2v) is 7.10. The normalized spacial score (nSPS) is 14.4. The summed E-state index contributed by atoms with van der Waals surface area (Å²) in [5.74, 6) is 0.0665. The SMILES string of the molecule is COc1ccc(C2=C(Nc3cccc(Br)c3)C(=O)N(C(C)C)C2=O)cc1. The molecule has 3 rings (SSSR count). The molecule has 5 nitrogen and oxygen atoms in total. The van der Waals surface area contributed by atoms with Crippen LogP contribution in [0.15, 0.2) is 58.7 Å². The Hall–Kier alpha value is -2.60. The van der Waals surface area contributed by atoms with Crippen molar-refractivity contribution in [2.45, 2.75) is 19.9 Å². The molecule has 0 radical (unpaired) electrons. The van der Waals surface area contributed by atoms with Gasteiger partial charge in [0.2, 0.25) is 0 Å². The Labute approximate surface area is 160 Å². The topological polar surface area (TPSA) is 58.6 Å². The molecule has 0 saturated heterocycles. The maximum Gasteiger partial charge on any atom is 0.278 e. The van der Waals surface area contributed by atoms with Gasteiger partial charge in [-0.15, -0.1) is 0 Å². The lowest BCUT2D eigenvalue weighted by atomic mass is 10.0. The van der Waals surface area contributed by atoms with Gasteiger partial charge in [-0.05, 0) is 49.7 Å². The lowest BCUT2D eigenvalue weighted by molar-refractivity contribution is -0.138. The molecule has 134 valence electrons. The summed E-state index contributed by atoms with van der Waals surface area (Å²) in [4.78, 5) is 27.1. The highest BCUT2D eigenvalue weighted by atomic mass is 79.9. The quantitative estimate of drug-likeness (QED) is 0.749. The Kier molecular flexibility index (Phi) is 5.13. The summed E-state index contributed by atoms with van der Waals surface area (Å²) in [5, 5.41) is 3.13. The molecule has 0 fully saturated rings. The van der Waals surface area contributed by atoms with Gasteiger partial charge >= 0.3 is 0 Å². The number of halogens is 1. The fourth-order valence-corrected chi connectivity index (χ4v) is 3.27.